The monoisotopic (exact) mass is 635 g/mol. The van der Waals surface area contributed by atoms with E-state index >= 15 is 0 Å². The van der Waals surface area contributed by atoms with E-state index in [1.807, 2.05) is 48.2 Å². The first kappa shape index (κ1) is 26.8. The number of hydrogen-bond acceptors (Lipinski definition) is 5. The smallest absolute Gasteiger partial charge is 0.174 e. The molecule has 6 aromatic carbocycles. The highest BCUT2D eigenvalue weighted by Crippen LogP contribution is 2.63. The Balaban J connectivity index is 1.24. The van der Waals surface area contributed by atoms with Crippen molar-refractivity contribution in [3.05, 3.63) is 174 Å². The van der Waals surface area contributed by atoms with Gasteiger partial charge in [0.05, 0.1) is 10.3 Å². The Morgan fingerprint density at radius 1 is 0.447 bits per heavy atom. The third-order valence-electron chi connectivity index (χ3n) is 9.41. The molecule has 0 unspecified atom stereocenters. The summed E-state index contributed by atoms with van der Waals surface area (Å²) in [6.45, 7) is 0. The Morgan fingerprint density at radius 2 is 0.979 bits per heavy atom. The van der Waals surface area contributed by atoms with Gasteiger partial charge in [-0.15, -0.1) is 11.3 Å². The molecule has 0 fully saturated rings. The summed E-state index contributed by atoms with van der Waals surface area (Å²) in [4.78, 5) is 18.7. The minimum Gasteiger partial charge on any atom is -0.208 e. The summed E-state index contributed by atoms with van der Waals surface area (Å²) in [5.41, 5.74) is 9.54. The van der Waals surface area contributed by atoms with Gasteiger partial charge in [0, 0.05) is 31.2 Å². The zero-order valence-corrected chi connectivity index (χ0v) is 26.7. The van der Waals surface area contributed by atoms with Gasteiger partial charge < -0.3 is 0 Å². The summed E-state index contributed by atoms with van der Waals surface area (Å²) in [7, 11) is 0. The van der Waals surface area contributed by atoms with Crippen LogP contribution in [-0.2, 0) is 5.41 Å². The van der Waals surface area contributed by atoms with Crippen LogP contribution in [0.4, 0.5) is 0 Å². The number of aromatic nitrogens is 3. The van der Waals surface area contributed by atoms with Gasteiger partial charge in [-0.1, -0.05) is 145 Å². The molecule has 0 radical (unpaired) electrons. The number of hydrogen-bond donors (Lipinski definition) is 0. The van der Waals surface area contributed by atoms with Gasteiger partial charge in [-0.05, 0) is 51.4 Å². The van der Waals surface area contributed by atoms with Gasteiger partial charge in [0.25, 0.3) is 0 Å². The van der Waals surface area contributed by atoms with Crippen LogP contribution in [0, 0.1) is 0 Å². The number of benzene rings is 6. The molecular formula is C42H25N3S2. The zero-order valence-electron chi connectivity index (χ0n) is 25.1. The molecule has 0 saturated heterocycles. The summed E-state index contributed by atoms with van der Waals surface area (Å²) in [6.07, 6.45) is 0. The van der Waals surface area contributed by atoms with E-state index in [2.05, 4.69) is 115 Å². The summed E-state index contributed by atoms with van der Waals surface area (Å²) >= 11 is 3.66. The molecule has 220 valence electrons. The molecule has 0 atom stereocenters. The third-order valence-corrected chi connectivity index (χ3v) is 11.7. The fraction of sp³-hybridized carbons (Fsp3) is 0.0238. The average Bonchev–Trinajstić information content (AvgIpc) is 3.71. The molecule has 10 rings (SSSR count). The van der Waals surface area contributed by atoms with E-state index in [4.69, 9.17) is 15.0 Å². The molecule has 2 aromatic heterocycles. The van der Waals surface area contributed by atoms with Crippen molar-refractivity contribution in [3.8, 4) is 44.6 Å². The van der Waals surface area contributed by atoms with Crippen molar-refractivity contribution in [2.75, 3.05) is 0 Å². The number of nitrogens with zero attached hydrogens (tertiary/aromatic N) is 3. The van der Waals surface area contributed by atoms with Crippen LogP contribution in [0.2, 0.25) is 0 Å². The molecule has 0 amide bonds. The minimum atomic E-state index is -0.392. The maximum Gasteiger partial charge on any atom is 0.174 e. The summed E-state index contributed by atoms with van der Waals surface area (Å²) in [5, 5.41) is 1.20. The second-order valence-corrected chi connectivity index (χ2v) is 14.1. The zero-order chi connectivity index (χ0) is 31.0. The van der Waals surface area contributed by atoms with Crippen molar-refractivity contribution in [2.45, 2.75) is 15.2 Å². The molecule has 1 spiro atoms. The predicted molar refractivity (Wildman–Crippen MR) is 193 cm³/mol. The Hall–Kier alpha value is -5.36. The average molecular weight is 636 g/mol. The van der Waals surface area contributed by atoms with Gasteiger partial charge in [-0.25, -0.2) is 15.0 Å². The Labute approximate surface area is 280 Å². The van der Waals surface area contributed by atoms with E-state index < -0.39 is 5.41 Å². The topological polar surface area (TPSA) is 38.7 Å². The Morgan fingerprint density at radius 3 is 1.62 bits per heavy atom. The molecule has 3 heterocycles. The highest BCUT2D eigenvalue weighted by Gasteiger charge is 2.50. The van der Waals surface area contributed by atoms with Crippen molar-refractivity contribution >= 4 is 33.2 Å². The molecule has 8 aromatic rings. The Bertz CT molecular complexity index is 2400. The lowest BCUT2D eigenvalue weighted by Gasteiger charge is -2.39. The summed E-state index contributed by atoms with van der Waals surface area (Å²) in [6, 6.07) is 54.2. The van der Waals surface area contributed by atoms with Crippen molar-refractivity contribution in [2.24, 2.45) is 0 Å². The van der Waals surface area contributed by atoms with Crippen LogP contribution < -0.4 is 0 Å². The summed E-state index contributed by atoms with van der Waals surface area (Å²) in [5.74, 6) is 2.04. The van der Waals surface area contributed by atoms with Crippen LogP contribution in [0.1, 0.15) is 22.3 Å². The standard InChI is InChI=1S/C42H25N3S2/c1-3-13-26(14-4-1)39-43-40(27-15-5-2-6-16-27)45-41(44-39)36-25-28-23-24-33-37(38(28)47-36)29-17-7-8-18-30(29)42(33)31-19-9-11-21-34(31)46-35-22-12-10-20-32(35)42/h1-25H. The lowest BCUT2D eigenvalue weighted by atomic mass is 9.67. The lowest BCUT2D eigenvalue weighted by molar-refractivity contribution is 0.723. The second kappa shape index (κ2) is 10.3. The first-order valence-corrected chi connectivity index (χ1v) is 17.3. The van der Waals surface area contributed by atoms with E-state index in [0.29, 0.717) is 17.5 Å². The molecule has 5 heteroatoms. The molecule has 0 N–H and O–H groups in total. The predicted octanol–water partition coefficient (Wildman–Crippen LogP) is 10.9. The van der Waals surface area contributed by atoms with Gasteiger partial charge in [-0.3, -0.25) is 0 Å². The van der Waals surface area contributed by atoms with Crippen LogP contribution in [-0.4, -0.2) is 15.0 Å². The van der Waals surface area contributed by atoms with E-state index in [-0.39, 0.29) is 0 Å². The van der Waals surface area contributed by atoms with Crippen LogP contribution >= 0.6 is 23.1 Å². The highest BCUT2D eigenvalue weighted by molar-refractivity contribution is 7.99. The molecule has 0 bridgehead atoms. The van der Waals surface area contributed by atoms with Crippen LogP contribution in [0.15, 0.2) is 161 Å². The first-order chi connectivity index (χ1) is 23.3. The van der Waals surface area contributed by atoms with Crippen LogP contribution in [0.3, 0.4) is 0 Å². The fourth-order valence-corrected chi connectivity index (χ4v) is 9.81. The number of rotatable bonds is 3. The maximum atomic E-state index is 5.06. The van der Waals surface area contributed by atoms with Crippen LogP contribution in [0.5, 0.6) is 0 Å². The highest BCUT2D eigenvalue weighted by atomic mass is 32.2. The van der Waals surface area contributed by atoms with Crippen molar-refractivity contribution in [3.63, 3.8) is 0 Å². The molecule has 2 aliphatic rings. The van der Waals surface area contributed by atoms with Gasteiger partial charge in [0.15, 0.2) is 17.5 Å². The van der Waals surface area contributed by atoms with Gasteiger partial charge in [0.1, 0.15) is 0 Å². The minimum absolute atomic E-state index is 0.392. The van der Waals surface area contributed by atoms with E-state index in [1.54, 1.807) is 11.3 Å². The van der Waals surface area contributed by atoms with E-state index in [0.717, 1.165) is 16.0 Å². The lowest BCUT2D eigenvalue weighted by Crippen LogP contribution is -2.31. The van der Waals surface area contributed by atoms with Crippen LogP contribution in [0.25, 0.3) is 54.7 Å². The fourth-order valence-electron chi connectivity index (χ4n) is 7.46. The van der Waals surface area contributed by atoms with E-state index in [1.165, 1.54) is 53.3 Å². The molecule has 3 nitrogen and oxygen atoms in total. The number of fused-ring (bicyclic) bond motifs is 11. The third kappa shape index (κ3) is 3.91. The van der Waals surface area contributed by atoms with Crippen molar-refractivity contribution in [1.29, 1.82) is 0 Å². The molecular weight excluding hydrogens is 611 g/mol. The molecule has 1 aliphatic carbocycles. The van der Waals surface area contributed by atoms with Gasteiger partial charge in [0.2, 0.25) is 0 Å². The van der Waals surface area contributed by atoms with Gasteiger partial charge in [-0.2, -0.15) is 0 Å². The number of thiophene rings is 1. The molecule has 1 aliphatic heterocycles. The molecule has 0 saturated carbocycles. The first-order valence-electron chi connectivity index (χ1n) is 15.7. The SMILES string of the molecule is c1ccc(-c2nc(-c3ccccc3)nc(-c3cc4ccc5c(c4s3)-c3ccccc3C53c4ccccc4Sc4ccccc43)n2)cc1. The van der Waals surface area contributed by atoms with E-state index in [9.17, 15) is 0 Å². The summed E-state index contributed by atoms with van der Waals surface area (Å²) < 4.78 is 1.26. The molecule has 47 heavy (non-hydrogen) atoms. The normalized spacial score (nSPS) is 13.6. The van der Waals surface area contributed by atoms with Crippen molar-refractivity contribution in [1.82, 2.24) is 15.0 Å². The largest absolute Gasteiger partial charge is 0.208 e. The quantitative estimate of drug-likeness (QED) is 0.194. The second-order valence-electron chi connectivity index (χ2n) is 11.9. The van der Waals surface area contributed by atoms with Gasteiger partial charge >= 0.3 is 0 Å². The van der Waals surface area contributed by atoms with Crippen molar-refractivity contribution < 1.29 is 0 Å². The Kier molecular flexibility index (Phi) is 5.89. The maximum absolute atomic E-state index is 5.06.